The number of hydrogen-bond acceptors (Lipinski definition) is 4. The Morgan fingerprint density at radius 1 is 1.28 bits per heavy atom. The van der Waals surface area contributed by atoms with Crippen LogP contribution in [0.5, 0.6) is 5.75 Å². The van der Waals surface area contributed by atoms with E-state index < -0.39 is 0 Å². The molecule has 2 aliphatic heterocycles. The highest BCUT2D eigenvalue weighted by molar-refractivity contribution is 5.85. The van der Waals surface area contributed by atoms with Crippen LogP contribution >= 0.6 is 12.4 Å². The van der Waals surface area contributed by atoms with Crippen LogP contribution in [-0.4, -0.2) is 29.5 Å². The number of nitrogens with one attached hydrogen (secondary N) is 1. The van der Waals surface area contributed by atoms with E-state index in [1.807, 2.05) is 16.9 Å². The van der Waals surface area contributed by atoms with Gasteiger partial charge in [0.25, 0.3) is 0 Å². The zero-order valence-electron chi connectivity index (χ0n) is 14.7. The number of piperidine rings is 1. The van der Waals surface area contributed by atoms with Gasteiger partial charge in [0, 0.05) is 12.7 Å². The summed E-state index contributed by atoms with van der Waals surface area (Å²) in [6.45, 7) is 6.33. The highest BCUT2D eigenvalue weighted by Gasteiger charge is 2.38. The average Bonchev–Trinajstić information content (AvgIpc) is 3.09. The van der Waals surface area contributed by atoms with Gasteiger partial charge < -0.3 is 14.8 Å². The van der Waals surface area contributed by atoms with Crippen molar-refractivity contribution in [2.75, 3.05) is 19.7 Å². The molecule has 136 valence electrons. The second-order valence-corrected chi connectivity index (χ2v) is 6.61. The van der Waals surface area contributed by atoms with E-state index in [2.05, 4.69) is 35.5 Å². The van der Waals surface area contributed by atoms with E-state index in [0.717, 1.165) is 56.9 Å². The molecule has 2 aromatic rings. The van der Waals surface area contributed by atoms with E-state index in [9.17, 15) is 0 Å². The third-order valence-corrected chi connectivity index (χ3v) is 5.14. The van der Waals surface area contributed by atoms with Crippen LogP contribution < -0.4 is 10.1 Å². The third-order valence-electron chi connectivity index (χ3n) is 5.14. The van der Waals surface area contributed by atoms with Crippen LogP contribution in [0, 0.1) is 0 Å². The van der Waals surface area contributed by atoms with Gasteiger partial charge in [-0.2, -0.15) is 5.10 Å². The molecule has 0 aliphatic carbocycles. The number of hydrogen-bond donors (Lipinski definition) is 1. The highest BCUT2D eigenvalue weighted by atomic mass is 35.5. The van der Waals surface area contributed by atoms with Crippen molar-refractivity contribution in [1.82, 2.24) is 15.1 Å². The van der Waals surface area contributed by atoms with Crippen molar-refractivity contribution in [1.29, 1.82) is 0 Å². The van der Waals surface area contributed by atoms with Crippen molar-refractivity contribution in [3.05, 3.63) is 47.3 Å². The summed E-state index contributed by atoms with van der Waals surface area (Å²) in [5, 5.41) is 7.89. The van der Waals surface area contributed by atoms with Gasteiger partial charge in [0.2, 0.25) is 0 Å². The normalized spacial score (nSPS) is 18.4. The van der Waals surface area contributed by atoms with E-state index in [1.165, 1.54) is 11.1 Å². The lowest BCUT2D eigenvalue weighted by Crippen LogP contribution is -2.44. The van der Waals surface area contributed by atoms with E-state index in [1.54, 1.807) is 0 Å². The Kier molecular flexibility index (Phi) is 5.67. The van der Waals surface area contributed by atoms with Gasteiger partial charge >= 0.3 is 0 Å². The largest absolute Gasteiger partial charge is 0.487 e. The minimum absolute atomic E-state index is 0. The van der Waals surface area contributed by atoms with Crippen LogP contribution in [0.3, 0.4) is 0 Å². The van der Waals surface area contributed by atoms with Crippen molar-refractivity contribution in [3.8, 4) is 5.75 Å². The monoisotopic (exact) mass is 363 g/mol. The maximum Gasteiger partial charge on any atom is 0.132 e. The summed E-state index contributed by atoms with van der Waals surface area (Å²) < 4.78 is 14.1. The van der Waals surface area contributed by atoms with Gasteiger partial charge in [-0.05, 0) is 68.6 Å². The highest BCUT2D eigenvalue weighted by Crippen LogP contribution is 2.41. The van der Waals surface area contributed by atoms with Gasteiger partial charge in [0.15, 0.2) is 0 Å². The molecule has 6 heteroatoms. The Labute approximate surface area is 155 Å². The molecule has 1 saturated heterocycles. The van der Waals surface area contributed by atoms with E-state index in [0.29, 0.717) is 6.61 Å². The number of fused-ring (bicyclic) bond motifs is 2. The fourth-order valence-corrected chi connectivity index (χ4v) is 3.80. The SMILES string of the molecule is CCn1ccc(COc2ccc3c(c2)CCOC32CCNCC2)n1.Cl. The lowest BCUT2D eigenvalue weighted by atomic mass is 9.80. The quantitative estimate of drug-likeness (QED) is 0.907. The van der Waals surface area contributed by atoms with Gasteiger partial charge in [0.05, 0.1) is 17.9 Å². The summed E-state index contributed by atoms with van der Waals surface area (Å²) in [6.07, 6.45) is 5.05. The molecule has 25 heavy (non-hydrogen) atoms. The minimum atomic E-state index is -0.0860. The molecule has 0 radical (unpaired) electrons. The summed E-state index contributed by atoms with van der Waals surface area (Å²) in [5.41, 5.74) is 3.61. The average molecular weight is 364 g/mol. The zero-order valence-corrected chi connectivity index (χ0v) is 15.5. The molecular weight excluding hydrogens is 338 g/mol. The van der Waals surface area contributed by atoms with Gasteiger partial charge in [-0.3, -0.25) is 4.68 Å². The number of aryl methyl sites for hydroxylation is 1. The van der Waals surface area contributed by atoms with Crippen LogP contribution in [0.1, 0.15) is 36.6 Å². The third kappa shape index (κ3) is 3.68. The predicted octanol–water partition coefficient (Wildman–Crippen LogP) is 3.06. The van der Waals surface area contributed by atoms with Crippen molar-refractivity contribution in [3.63, 3.8) is 0 Å². The molecule has 0 amide bonds. The first-order chi connectivity index (χ1) is 11.8. The lowest BCUT2D eigenvalue weighted by Gasteiger charge is -2.42. The minimum Gasteiger partial charge on any atom is -0.487 e. The molecule has 0 atom stereocenters. The summed E-state index contributed by atoms with van der Waals surface area (Å²) >= 11 is 0. The molecule has 0 saturated carbocycles. The molecule has 4 rings (SSSR count). The summed E-state index contributed by atoms with van der Waals surface area (Å²) in [6, 6.07) is 8.49. The first-order valence-electron chi connectivity index (χ1n) is 8.92. The second kappa shape index (κ2) is 7.77. The van der Waals surface area contributed by atoms with Crippen molar-refractivity contribution in [2.24, 2.45) is 0 Å². The number of nitrogens with zero attached hydrogens (tertiary/aromatic N) is 2. The molecule has 5 nitrogen and oxygen atoms in total. The molecule has 1 fully saturated rings. The van der Waals surface area contributed by atoms with Gasteiger partial charge in [-0.15, -0.1) is 12.4 Å². The van der Waals surface area contributed by atoms with Crippen LogP contribution in [0.25, 0.3) is 0 Å². The Morgan fingerprint density at radius 3 is 2.88 bits per heavy atom. The number of halogens is 1. The van der Waals surface area contributed by atoms with Crippen LogP contribution in [-0.2, 0) is 29.9 Å². The first kappa shape index (κ1) is 18.2. The summed E-state index contributed by atoms with van der Waals surface area (Å²) in [5.74, 6) is 0.922. The smallest absolute Gasteiger partial charge is 0.132 e. The van der Waals surface area contributed by atoms with Crippen molar-refractivity contribution < 1.29 is 9.47 Å². The zero-order chi connectivity index (χ0) is 16.4. The molecule has 1 aromatic carbocycles. The van der Waals surface area contributed by atoms with Gasteiger partial charge in [-0.1, -0.05) is 6.07 Å². The number of rotatable bonds is 4. The van der Waals surface area contributed by atoms with Crippen molar-refractivity contribution >= 4 is 12.4 Å². The van der Waals surface area contributed by atoms with Gasteiger partial charge in [-0.25, -0.2) is 0 Å². The Bertz CT molecular complexity index is 710. The fourth-order valence-electron chi connectivity index (χ4n) is 3.80. The molecule has 0 bridgehead atoms. The maximum atomic E-state index is 6.22. The Balaban J connectivity index is 0.00000182. The van der Waals surface area contributed by atoms with Crippen LogP contribution in [0.2, 0.25) is 0 Å². The summed E-state index contributed by atoms with van der Waals surface area (Å²) in [7, 11) is 0. The number of benzene rings is 1. The maximum absolute atomic E-state index is 6.22. The Hall–Kier alpha value is -1.56. The van der Waals surface area contributed by atoms with Gasteiger partial charge in [0.1, 0.15) is 12.4 Å². The lowest BCUT2D eigenvalue weighted by molar-refractivity contribution is -0.0802. The molecule has 0 unspecified atom stereocenters. The number of ether oxygens (including phenoxy) is 2. The summed E-state index contributed by atoms with van der Waals surface area (Å²) in [4.78, 5) is 0. The fraction of sp³-hybridized carbons (Fsp3) is 0.526. The molecule has 1 aromatic heterocycles. The van der Waals surface area contributed by atoms with Crippen LogP contribution in [0.15, 0.2) is 30.5 Å². The molecule has 2 aliphatic rings. The van der Waals surface area contributed by atoms with E-state index >= 15 is 0 Å². The van der Waals surface area contributed by atoms with E-state index in [4.69, 9.17) is 9.47 Å². The molecule has 1 spiro atoms. The standard InChI is InChI=1S/C19H25N3O2.ClH/c1-2-22-11-5-16(21-22)14-23-17-3-4-18-15(13-17)6-12-24-19(18)7-9-20-10-8-19;/h3-5,11,13,20H,2,6-10,12,14H2,1H3;1H. The first-order valence-corrected chi connectivity index (χ1v) is 8.92. The predicted molar refractivity (Wildman–Crippen MR) is 99.4 cm³/mol. The van der Waals surface area contributed by atoms with Crippen LogP contribution in [0.4, 0.5) is 0 Å². The van der Waals surface area contributed by atoms with Crippen molar-refractivity contribution in [2.45, 2.75) is 44.9 Å². The Morgan fingerprint density at radius 2 is 2.12 bits per heavy atom. The van der Waals surface area contributed by atoms with E-state index in [-0.39, 0.29) is 18.0 Å². The molecule has 1 N–H and O–H groups in total. The molecule has 3 heterocycles. The number of aromatic nitrogens is 2. The molecular formula is C19H26ClN3O2. The topological polar surface area (TPSA) is 48.3 Å². The second-order valence-electron chi connectivity index (χ2n) is 6.61.